The number of unbranched alkanes of at least 4 members (excludes halogenated alkanes) is 2. The van der Waals surface area contributed by atoms with E-state index in [0.29, 0.717) is 5.92 Å². The van der Waals surface area contributed by atoms with Gasteiger partial charge in [-0.05, 0) is 37.7 Å². The number of hydrogen-bond acceptors (Lipinski definition) is 2. The van der Waals surface area contributed by atoms with E-state index in [4.69, 9.17) is 5.11 Å². The Kier molecular flexibility index (Phi) is 7.16. The van der Waals surface area contributed by atoms with Crippen molar-refractivity contribution in [3.63, 3.8) is 0 Å². The minimum Gasteiger partial charge on any atom is -0.481 e. The van der Waals surface area contributed by atoms with Crippen LogP contribution < -0.4 is 0 Å². The molecule has 0 amide bonds. The van der Waals surface area contributed by atoms with Crippen molar-refractivity contribution in [2.24, 2.45) is 11.8 Å². The fourth-order valence-electron chi connectivity index (χ4n) is 2.52. The highest BCUT2D eigenvalue weighted by molar-refractivity contribution is 5.94. The third kappa shape index (κ3) is 5.86. The summed E-state index contributed by atoms with van der Waals surface area (Å²) < 4.78 is 0. The number of aliphatic carboxylic acids is 1. The molecule has 19 heavy (non-hydrogen) atoms. The van der Waals surface area contributed by atoms with Gasteiger partial charge in [-0.15, -0.1) is 0 Å². The molecule has 3 heteroatoms. The fraction of sp³-hybridized carbons (Fsp3) is 0.625. The van der Waals surface area contributed by atoms with Crippen molar-refractivity contribution >= 4 is 11.8 Å². The molecule has 0 fully saturated rings. The predicted octanol–water partition coefficient (Wildman–Crippen LogP) is 3.75. The van der Waals surface area contributed by atoms with Gasteiger partial charge in [0.05, 0.1) is 0 Å². The van der Waals surface area contributed by atoms with Crippen LogP contribution in [0.4, 0.5) is 0 Å². The van der Waals surface area contributed by atoms with Gasteiger partial charge in [0.25, 0.3) is 0 Å². The van der Waals surface area contributed by atoms with E-state index >= 15 is 0 Å². The van der Waals surface area contributed by atoms with E-state index in [1.807, 2.05) is 6.08 Å². The molecule has 2 atom stereocenters. The number of carbonyl (C=O) groups is 2. The number of hydrogen-bond donors (Lipinski definition) is 1. The van der Waals surface area contributed by atoms with E-state index in [0.717, 1.165) is 38.5 Å². The summed E-state index contributed by atoms with van der Waals surface area (Å²) in [7, 11) is 0. The molecule has 0 bridgehead atoms. The molecular formula is C16H24O3. The Morgan fingerprint density at radius 1 is 1.32 bits per heavy atom. The molecule has 106 valence electrons. The van der Waals surface area contributed by atoms with Gasteiger partial charge in [-0.1, -0.05) is 38.0 Å². The Labute approximate surface area is 115 Å². The van der Waals surface area contributed by atoms with Gasteiger partial charge in [0.1, 0.15) is 0 Å². The summed E-state index contributed by atoms with van der Waals surface area (Å²) in [4.78, 5) is 22.2. The monoisotopic (exact) mass is 264 g/mol. The lowest BCUT2D eigenvalue weighted by Gasteiger charge is -2.16. The van der Waals surface area contributed by atoms with Crippen LogP contribution in [-0.2, 0) is 9.59 Å². The zero-order valence-electron chi connectivity index (χ0n) is 11.7. The highest BCUT2D eigenvalue weighted by Gasteiger charge is 2.28. The van der Waals surface area contributed by atoms with Gasteiger partial charge < -0.3 is 5.11 Å². The SMILES string of the molecule is CCC=CC[C@@H]1C(=O)C=C[C@@H]1CCCCCC(=O)O. The summed E-state index contributed by atoms with van der Waals surface area (Å²) in [6.07, 6.45) is 13.7. The average Bonchev–Trinajstić information content (AvgIpc) is 2.71. The molecule has 0 saturated carbocycles. The quantitative estimate of drug-likeness (QED) is 0.509. The number of carboxylic acid groups (broad SMARTS) is 1. The standard InChI is InChI=1S/C16H24O3/c1-2-3-5-9-14-13(11-12-15(14)17)8-6-4-7-10-16(18)19/h3,5,11-14H,2,4,6-10H2,1H3,(H,18,19)/t13-,14-/m0/s1. The Hall–Kier alpha value is -1.38. The van der Waals surface area contributed by atoms with Gasteiger partial charge in [0, 0.05) is 12.3 Å². The van der Waals surface area contributed by atoms with Crippen LogP contribution in [0.25, 0.3) is 0 Å². The molecule has 1 aliphatic carbocycles. The minimum absolute atomic E-state index is 0.113. The molecule has 0 aromatic heterocycles. The lowest BCUT2D eigenvalue weighted by Crippen LogP contribution is -2.15. The molecular weight excluding hydrogens is 240 g/mol. The highest BCUT2D eigenvalue weighted by atomic mass is 16.4. The first-order valence-electron chi connectivity index (χ1n) is 7.24. The van der Waals surface area contributed by atoms with Gasteiger partial charge >= 0.3 is 5.97 Å². The van der Waals surface area contributed by atoms with Crippen molar-refractivity contribution in [1.82, 2.24) is 0 Å². The molecule has 1 rings (SSSR count). The minimum atomic E-state index is -0.724. The van der Waals surface area contributed by atoms with Gasteiger partial charge in [-0.3, -0.25) is 9.59 Å². The number of rotatable bonds is 9. The summed E-state index contributed by atoms with van der Waals surface area (Å²) in [6.45, 7) is 2.09. The smallest absolute Gasteiger partial charge is 0.303 e. The van der Waals surface area contributed by atoms with Gasteiger partial charge in [0.2, 0.25) is 0 Å². The van der Waals surface area contributed by atoms with Gasteiger partial charge in [-0.25, -0.2) is 0 Å². The van der Waals surface area contributed by atoms with Crippen molar-refractivity contribution in [3.8, 4) is 0 Å². The molecule has 0 radical (unpaired) electrons. The average molecular weight is 264 g/mol. The van der Waals surface area contributed by atoms with Crippen molar-refractivity contribution < 1.29 is 14.7 Å². The summed E-state index contributed by atoms with van der Waals surface area (Å²) >= 11 is 0. The second kappa shape index (κ2) is 8.68. The largest absolute Gasteiger partial charge is 0.481 e. The van der Waals surface area contributed by atoms with Crippen LogP contribution >= 0.6 is 0 Å². The zero-order chi connectivity index (χ0) is 14.1. The van der Waals surface area contributed by atoms with Gasteiger partial charge in [0.15, 0.2) is 5.78 Å². The first kappa shape index (κ1) is 15.7. The van der Waals surface area contributed by atoms with E-state index in [1.165, 1.54) is 0 Å². The van der Waals surface area contributed by atoms with Crippen LogP contribution in [0.3, 0.4) is 0 Å². The van der Waals surface area contributed by atoms with Crippen LogP contribution in [0.15, 0.2) is 24.3 Å². The van der Waals surface area contributed by atoms with Crippen LogP contribution in [0, 0.1) is 11.8 Å². The first-order valence-corrected chi connectivity index (χ1v) is 7.24. The molecule has 1 aliphatic rings. The third-order valence-corrected chi connectivity index (χ3v) is 3.61. The Bertz CT molecular complexity index is 355. The Balaban J connectivity index is 2.27. The van der Waals surface area contributed by atoms with Gasteiger partial charge in [-0.2, -0.15) is 0 Å². The second-order valence-electron chi connectivity index (χ2n) is 5.14. The molecule has 0 aromatic rings. The van der Waals surface area contributed by atoms with E-state index in [1.54, 1.807) is 6.08 Å². The van der Waals surface area contributed by atoms with E-state index in [2.05, 4.69) is 19.1 Å². The van der Waals surface area contributed by atoms with E-state index < -0.39 is 5.97 Å². The molecule has 0 saturated heterocycles. The number of carboxylic acids is 1. The van der Waals surface area contributed by atoms with Crippen molar-refractivity contribution in [3.05, 3.63) is 24.3 Å². The fourth-order valence-corrected chi connectivity index (χ4v) is 2.52. The highest BCUT2D eigenvalue weighted by Crippen LogP contribution is 2.30. The number of allylic oxidation sites excluding steroid dienone is 4. The maximum atomic E-state index is 11.8. The van der Waals surface area contributed by atoms with Crippen molar-refractivity contribution in [1.29, 1.82) is 0 Å². The topological polar surface area (TPSA) is 54.4 Å². The van der Waals surface area contributed by atoms with Crippen molar-refractivity contribution in [2.45, 2.75) is 51.9 Å². The maximum absolute atomic E-state index is 11.8. The molecule has 3 nitrogen and oxygen atoms in total. The molecule has 1 N–H and O–H groups in total. The lowest BCUT2D eigenvalue weighted by molar-refractivity contribution is -0.137. The van der Waals surface area contributed by atoms with Crippen LogP contribution in [-0.4, -0.2) is 16.9 Å². The number of carbonyl (C=O) groups excluding carboxylic acids is 1. The zero-order valence-corrected chi connectivity index (χ0v) is 11.7. The van der Waals surface area contributed by atoms with Crippen LogP contribution in [0.2, 0.25) is 0 Å². The Morgan fingerprint density at radius 2 is 2.11 bits per heavy atom. The second-order valence-corrected chi connectivity index (χ2v) is 5.14. The molecule has 0 aliphatic heterocycles. The summed E-state index contributed by atoms with van der Waals surface area (Å²) in [5, 5.41) is 8.56. The molecule has 0 spiro atoms. The Morgan fingerprint density at radius 3 is 2.79 bits per heavy atom. The van der Waals surface area contributed by atoms with Crippen LogP contribution in [0.1, 0.15) is 51.9 Å². The van der Waals surface area contributed by atoms with E-state index in [-0.39, 0.29) is 18.1 Å². The third-order valence-electron chi connectivity index (χ3n) is 3.61. The molecule has 0 heterocycles. The van der Waals surface area contributed by atoms with Crippen LogP contribution in [0.5, 0.6) is 0 Å². The summed E-state index contributed by atoms with van der Waals surface area (Å²) in [5.74, 6) is -0.0177. The van der Waals surface area contributed by atoms with Crippen molar-refractivity contribution in [2.75, 3.05) is 0 Å². The molecule has 0 aromatic carbocycles. The van der Waals surface area contributed by atoms with E-state index in [9.17, 15) is 9.59 Å². The molecule has 0 unspecified atom stereocenters. The first-order chi connectivity index (χ1) is 9.15. The predicted molar refractivity (Wildman–Crippen MR) is 75.9 cm³/mol. The maximum Gasteiger partial charge on any atom is 0.303 e. The number of ketones is 1. The summed E-state index contributed by atoms with van der Waals surface area (Å²) in [5.41, 5.74) is 0. The normalized spacial score (nSPS) is 22.5. The lowest BCUT2D eigenvalue weighted by atomic mass is 9.87. The summed E-state index contributed by atoms with van der Waals surface area (Å²) in [6, 6.07) is 0.